The van der Waals surface area contributed by atoms with Crippen LogP contribution in [-0.2, 0) is 11.2 Å². The van der Waals surface area contributed by atoms with E-state index in [1.54, 1.807) is 6.07 Å². The van der Waals surface area contributed by atoms with Gasteiger partial charge in [-0.05, 0) is 24.5 Å². The molecule has 4 rings (SSSR count). The maximum absolute atomic E-state index is 12.2. The average molecular weight is 335 g/mol. The van der Waals surface area contributed by atoms with E-state index in [9.17, 15) is 9.59 Å². The molecule has 0 spiro atoms. The number of furan rings is 1. The van der Waals surface area contributed by atoms with Crippen LogP contribution in [0.3, 0.4) is 0 Å². The zero-order valence-corrected chi connectivity index (χ0v) is 13.5. The lowest BCUT2D eigenvalue weighted by atomic mass is 10.1. The number of H-pyrrole nitrogens is 1. The third kappa shape index (κ3) is 3.38. The summed E-state index contributed by atoms with van der Waals surface area (Å²) in [6.07, 6.45) is 4.87. The van der Waals surface area contributed by atoms with Crippen LogP contribution < -0.4 is 5.32 Å². The Labute approximate surface area is 144 Å². The van der Waals surface area contributed by atoms with E-state index in [4.69, 9.17) is 4.42 Å². The van der Waals surface area contributed by atoms with Gasteiger partial charge in [0.25, 0.3) is 0 Å². The van der Waals surface area contributed by atoms with Crippen LogP contribution in [0, 0.1) is 0 Å². The molecule has 0 radical (unpaired) electrons. The smallest absolute Gasteiger partial charge is 0.229 e. The molecule has 0 aliphatic heterocycles. The van der Waals surface area contributed by atoms with Gasteiger partial charge < -0.3 is 9.73 Å². The Bertz CT molecular complexity index is 904. The largest absolute Gasteiger partial charge is 0.464 e. The molecule has 0 atom stereocenters. The minimum Gasteiger partial charge on any atom is -0.464 e. The summed E-state index contributed by atoms with van der Waals surface area (Å²) in [5, 5.41) is 9.90. The summed E-state index contributed by atoms with van der Waals surface area (Å²) in [4.78, 5) is 23.1. The highest BCUT2D eigenvalue weighted by Gasteiger charge is 2.25. The number of aldehydes is 1. The van der Waals surface area contributed by atoms with Crippen LogP contribution in [0.1, 0.15) is 40.4 Å². The van der Waals surface area contributed by atoms with Gasteiger partial charge in [0.05, 0.1) is 18.2 Å². The second-order valence-electron chi connectivity index (χ2n) is 6.23. The Morgan fingerprint density at radius 1 is 1.28 bits per heavy atom. The summed E-state index contributed by atoms with van der Waals surface area (Å²) in [5.41, 5.74) is 3.27. The predicted octanol–water partition coefficient (Wildman–Crippen LogP) is 3.54. The van der Waals surface area contributed by atoms with Crippen molar-refractivity contribution in [1.82, 2.24) is 10.2 Å². The van der Waals surface area contributed by atoms with Crippen LogP contribution in [0.25, 0.3) is 11.3 Å². The van der Waals surface area contributed by atoms with E-state index in [0.29, 0.717) is 23.1 Å². The van der Waals surface area contributed by atoms with Gasteiger partial charge in [-0.2, -0.15) is 5.10 Å². The van der Waals surface area contributed by atoms with E-state index < -0.39 is 0 Å². The number of carbonyl (C=O) groups excluding carboxylic acids is 2. The molecule has 3 aromatic rings. The number of carbonyl (C=O) groups is 2. The topological polar surface area (TPSA) is 88.0 Å². The molecule has 1 aliphatic rings. The monoisotopic (exact) mass is 335 g/mol. The molecule has 1 aliphatic carbocycles. The van der Waals surface area contributed by atoms with Crippen molar-refractivity contribution in [3.63, 3.8) is 0 Å². The molecule has 2 aromatic heterocycles. The predicted molar refractivity (Wildman–Crippen MR) is 92.4 cm³/mol. The van der Waals surface area contributed by atoms with Gasteiger partial charge in [-0.25, -0.2) is 0 Å². The fourth-order valence-corrected chi connectivity index (χ4v) is 2.80. The van der Waals surface area contributed by atoms with Crippen molar-refractivity contribution in [3.8, 4) is 11.3 Å². The Kier molecular flexibility index (Phi) is 3.93. The van der Waals surface area contributed by atoms with Crippen molar-refractivity contribution in [2.75, 3.05) is 5.32 Å². The number of aromatic nitrogens is 2. The molecule has 126 valence electrons. The van der Waals surface area contributed by atoms with Crippen molar-refractivity contribution in [1.29, 1.82) is 0 Å². The standard InChI is InChI=1S/C19H17N3O3/c23-11-15-7-8-25-19(15)14-3-1-12(2-4-14)9-18(24)20-17-10-16(21-22-17)13-5-6-13/h1-4,7-8,10-11,13H,5-6,9H2,(H2,20,21,22,24). The number of aromatic amines is 1. The molecule has 1 aromatic carbocycles. The number of rotatable bonds is 6. The summed E-state index contributed by atoms with van der Waals surface area (Å²) < 4.78 is 5.35. The lowest BCUT2D eigenvalue weighted by Gasteiger charge is -2.04. The van der Waals surface area contributed by atoms with Crippen molar-refractivity contribution in [2.24, 2.45) is 0 Å². The highest BCUT2D eigenvalue weighted by molar-refractivity contribution is 5.91. The van der Waals surface area contributed by atoms with Crippen molar-refractivity contribution in [3.05, 3.63) is 59.5 Å². The lowest BCUT2D eigenvalue weighted by molar-refractivity contribution is -0.115. The highest BCUT2D eigenvalue weighted by Crippen LogP contribution is 2.39. The minimum absolute atomic E-state index is 0.117. The molecule has 0 saturated heterocycles. The first-order chi connectivity index (χ1) is 12.2. The molecule has 2 N–H and O–H groups in total. The molecule has 0 bridgehead atoms. The Hall–Kier alpha value is -3.15. The van der Waals surface area contributed by atoms with Gasteiger partial charge in [0.15, 0.2) is 12.1 Å². The summed E-state index contributed by atoms with van der Waals surface area (Å²) in [6.45, 7) is 0. The molecular formula is C19H17N3O3. The van der Waals surface area contributed by atoms with Crippen LogP contribution in [-0.4, -0.2) is 22.4 Å². The molecule has 25 heavy (non-hydrogen) atoms. The molecule has 1 fully saturated rings. The van der Waals surface area contributed by atoms with Crippen LogP contribution in [0.2, 0.25) is 0 Å². The lowest BCUT2D eigenvalue weighted by Crippen LogP contribution is -2.14. The van der Waals surface area contributed by atoms with E-state index in [-0.39, 0.29) is 12.3 Å². The first kappa shape index (κ1) is 15.4. The number of amides is 1. The van der Waals surface area contributed by atoms with E-state index in [1.807, 2.05) is 30.3 Å². The number of hydrogen-bond donors (Lipinski definition) is 2. The molecular weight excluding hydrogens is 318 g/mol. The molecule has 1 amide bonds. The first-order valence-corrected chi connectivity index (χ1v) is 8.20. The molecule has 6 heteroatoms. The normalized spacial score (nSPS) is 13.6. The van der Waals surface area contributed by atoms with Gasteiger partial charge in [0.2, 0.25) is 5.91 Å². The third-order valence-corrected chi connectivity index (χ3v) is 4.29. The SMILES string of the molecule is O=Cc1ccoc1-c1ccc(CC(=O)Nc2cc(C3CC3)[nH]n2)cc1. The van der Waals surface area contributed by atoms with Crippen LogP contribution in [0.5, 0.6) is 0 Å². The second kappa shape index (κ2) is 6.39. The van der Waals surface area contributed by atoms with E-state index in [0.717, 1.165) is 23.1 Å². The highest BCUT2D eigenvalue weighted by atomic mass is 16.3. The zero-order valence-electron chi connectivity index (χ0n) is 13.5. The van der Waals surface area contributed by atoms with E-state index in [2.05, 4.69) is 15.5 Å². The minimum atomic E-state index is -0.117. The van der Waals surface area contributed by atoms with Gasteiger partial charge in [-0.1, -0.05) is 24.3 Å². The van der Waals surface area contributed by atoms with Gasteiger partial charge in [-0.3, -0.25) is 14.7 Å². The Morgan fingerprint density at radius 3 is 2.80 bits per heavy atom. The first-order valence-electron chi connectivity index (χ1n) is 8.20. The molecule has 0 unspecified atom stereocenters. The number of benzene rings is 1. The molecule has 2 heterocycles. The van der Waals surface area contributed by atoms with Crippen LogP contribution in [0.15, 0.2) is 47.1 Å². The van der Waals surface area contributed by atoms with Gasteiger partial charge in [0.1, 0.15) is 5.76 Å². The number of nitrogens with zero attached hydrogens (tertiary/aromatic N) is 1. The van der Waals surface area contributed by atoms with E-state index in [1.165, 1.54) is 19.1 Å². The summed E-state index contributed by atoms with van der Waals surface area (Å²) in [7, 11) is 0. The zero-order chi connectivity index (χ0) is 17.2. The molecule has 1 saturated carbocycles. The van der Waals surface area contributed by atoms with Crippen molar-refractivity contribution in [2.45, 2.75) is 25.2 Å². The third-order valence-electron chi connectivity index (χ3n) is 4.29. The van der Waals surface area contributed by atoms with Crippen LogP contribution in [0.4, 0.5) is 5.82 Å². The van der Waals surface area contributed by atoms with Gasteiger partial charge in [-0.15, -0.1) is 0 Å². The van der Waals surface area contributed by atoms with Gasteiger partial charge >= 0.3 is 0 Å². The summed E-state index contributed by atoms with van der Waals surface area (Å²) >= 11 is 0. The van der Waals surface area contributed by atoms with Gasteiger partial charge in [0, 0.05) is 23.2 Å². The fourth-order valence-electron chi connectivity index (χ4n) is 2.80. The van der Waals surface area contributed by atoms with Crippen LogP contribution >= 0.6 is 0 Å². The number of hydrogen-bond acceptors (Lipinski definition) is 4. The quantitative estimate of drug-likeness (QED) is 0.674. The maximum atomic E-state index is 12.2. The fraction of sp³-hybridized carbons (Fsp3) is 0.211. The molecule has 6 nitrogen and oxygen atoms in total. The maximum Gasteiger partial charge on any atom is 0.229 e. The van der Waals surface area contributed by atoms with Crippen molar-refractivity contribution >= 4 is 18.0 Å². The summed E-state index contributed by atoms with van der Waals surface area (Å²) in [5.74, 6) is 1.56. The average Bonchev–Trinajstić information content (AvgIpc) is 3.17. The van der Waals surface area contributed by atoms with E-state index >= 15 is 0 Å². The number of nitrogens with one attached hydrogen (secondary N) is 2. The summed E-state index contributed by atoms with van der Waals surface area (Å²) in [6, 6.07) is 10.9. The van der Waals surface area contributed by atoms with Crippen molar-refractivity contribution < 1.29 is 14.0 Å². The second-order valence-corrected chi connectivity index (χ2v) is 6.23. The Morgan fingerprint density at radius 2 is 2.08 bits per heavy atom. The Balaban J connectivity index is 1.40. The number of anilines is 1.